The van der Waals surface area contributed by atoms with Crippen LogP contribution in [0.4, 0.5) is 4.39 Å². The van der Waals surface area contributed by atoms with Crippen molar-refractivity contribution < 1.29 is 18.7 Å². The van der Waals surface area contributed by atoms with Gasteiger partial charge >= 0.3 is 5.97 Å². The van der Waals surface area contributed by atoms with Gasteiger partial charge in [-0.25, -0.2) is 9.18 Å². The SMILES string of the molecule is CC1=C(N2CC(F)C3(CCNCC3)C2=O)COC1=O. The molecule has 1 spiro atoms. The number of esters is 1. The van der Waals surface area contributed by atoms with Crippen molar-refractivity contribution in [1.82, 2.24) is 10.2 Å². The molecule has 0 saturated carbocycles. The number of ether oxygens (including phenoxy) is 1. The Hall–Kier alpha value is -1.43. The van der Waals surface area contributed by atoms with Crippen molar-refractivity contribution in [2.75, 3.05) is 26.2 Å². The summed E-state index contributed by atoms with van der Waals surface area (Å²) in [6, 6.07) is 0. The van der Waals surface area contributed by atoms with Crippen molar-refractivity contribution in [1.29, 1.82) is 0 Å². The molecule has 0 aliphatic carbocycles. The first-order chi connectivity index (χ1) is 9.06. The zero-order chi connectivity index (χ0) is 13.6. The third-order valence-corrected chi connectivity index (χ3v) is 4.51. The molecule has 1 amide bonds. The van der Waals surface area contributed by atoms with Crippen LogP contribution in [0.25, 0.3) is 0 Å². The smallest absolute Gasteiger partial charge is 0.336 e. The summed E-state index contributed by atoms with van der Waals surface area (Å²) in [7, 11) is 0. The highest BCUT2D eigenvalue weighted by molar-refractivity contribution is 5.94. The Morgan fingerprint density at radius 3 is 2.63 bits per heavy atom. The van der Waals surface area contributed by atoms with Crippen LogP contribution in [0.2, 0.25) is 0 Å². The van der Waals surface area contributed by atoms with Crippen LogP contribution in [-0.2, 0) is 14.3 Å². The molecule has 0 aromatic heterocycles. The quantitative estimate of drug-likeness (QED) is 0.698. The maximum atomic E-state index is 14.4. The van der Waals surface area contributed by atoms with Gasteiger partial charge in [0.05, 0.1) is 23.2 Å². The lowest BCUT2D eigenvalue weighted by Gasteiger charge is -2.33. The van der Waals surface area contributed by atoms with Crippen molar-refractivity contribution in [2.45, 2.75) is 25.9 Å². The first-order valence-corrected chi connectivity index (χ1v) is 6.60. The van der Waals surface area contributed by atoms with Crippen molar-refractivity contribution in [2.24, 2.45) is 5.41 Å². The number of alkyl halides is 1. The van der Waals surface area contributed by atoms with Gasteiger partial charge in [0.2, 0.25) is 5.91 Å². The van der Waals surface area contributed by atoms with Gasteiger partial charge in [0.15, 0.2) is 0 Å². The molecule has 3 aliphatic heterocycles. The number of nitrogens with one attached hydrogen (secondary N) is 1. The highest BCUT2D eigenvalue weighted by Gasteiger charge is 2.56. The van der Waals surface area contributed by atoms with Crippen LogP contribution in [0.3, 0.4) is 0 Å². The Kier molecular flexibility index (Phi) is 2.85. The summed E-state index contributed by atoms with van der Waals surface area (Å²) in [6.45, 7) is 3.07. The van der Waals surface area contributed by atoms with Gasteiger partial charge in [-0.05, 0) is 32.9 Å². The zero-order valence-corrected chi connectivity index (χ0v) is 10.9. The Balaban J connectivity index is 1.91. The first-order valence-electron chi connectivity index (χ1n) is 6.60. The van der Waals surface area contributed by atoms with Crippen molar-refractivity contribution >= 4 is 11.9 Å². The van der Waals surface area contributed by atoms with E-state index in [0.29, 0.717) is 37.2 Å². The molecule has 3 rings (SSSR count). The van der Waals surface area contributed by atoms with Crippen molar-refractivity contribution in [3.63, 3.8) is 0 Å². The summed E-state index contributed by atoms with van der Waals surface area (Å²) in [4.78, 5) is 25.4. The number of carbonyl (C=O) groups is 2. The second-order valence-corrected chi connectivity index (χ2v) is 5.44. The molecule has 0 aromatic carbocycles. The van der Waals surface area contributed by atoms with Gasteiger partial charge in [0.25, 0.3) is 0 Å². The Labute approximate surface area is 110 Å². The summed E-state index contributed by atoms with van der Waals surface area (Å²) in [5, 5.41) is 3.15. The Morgan fingerprint density at radius 1 is 1.37 bits per heavy atom. The third-order valence-electron chi connectivity index (χ3n) is 4.51. The summed E-state index contributed by atoms with van der Waals surface area (Å²) in [6.07, 6.45) is -0.131. The number of nitrogens with zero attached hydrogens (tertiary/aromatic N) is 1. The van der Waals surface area contributed by atoms with Gasteiger partial charge in [-0.3, -0.25) is 4.79 Å². The number of hydrogen-bond donors (Lipinski definition) is 1. The molecule has 1 atom stereocenters. The standard InChI is InChI=1S/C13H17FN2O3/c1-8-9(7-19-11(8)17)16-6-10(14)13(12(16)18)2-4-15-5-3-13/h10,15H,2-7H2,1H3. The van der Waals surface area contributed by atoms with Crippen molar-refractivity contribution in [3.05, 3.63) is 11.3 Å². The molecule has 1 unspecified atom stereocenters. The summed E-state index contributed by atoms with van der Waals surface area (Å²) in [5.74, 6) is -0.599. The van der Waals surface area contributed by atoms with Crippen LogP contribution in [0.1, 0.15) is 19.8 Å². The van der Waals surface area contributed by atoms with Gasteiger partial charge in [-0.15, -0.1) is 0 Å². The van der Waals surface area contributed by atoms with Crippen molar-refractivity contribution in [3.8, 4) is 0 Å². The number of cyclic esters (lactones) is 1. The predicted molar refractivity (Wildman–Crippen MR) is 64.8 cm³/mol. The molecule has 3 heterocycles. The number of likely N-dealkylation sites (tertiary alicyclic amines) is 1. The van der Waals surface area contributed by atoms with Crippen LogP contribution in [0.15, 0.2) is 11.3 Å². The molecule has 104 valence electrons. The molecular weight excluding hydrogens is 251 g/mol. The van der Waals surface area contributed by atoms with Crippen LogP contribution < -0.4 is 5.32 Å². The maximum Gasteiger partial charge on any atom is 0.336 e. The van der Waals surface area contributed by atoms with Gasteiger partial charge < -0.3 is 15.0 Å². The monoisotopic (exact) mass is 268 g/mol. The minimum Gasteiger partial charge on any atom is -0.456 e. The molecule has 19 heavy (non-hydrogen) atoms. The minimum atomic E-state index is -1.17. The highest BCUT2D eigenvalue weighted by Crippen LogP contribution is 2.44. The Bertz CT molecular complexity index is 469. The van der Waals surface area contributed by atoms with E-state index in [-0.39, 0.29) is 19.1 Å². The fraction of sp³-hybridized carbons (Fsp3) is 0.692. The summed E-state index contributed by atoms with van der Waals surface area (Å²) < 4.78 is 19.3. The molecule has 2 saturated heterocycles. The Morgan fingerprint density at radius 2 is 2.05 bits per heavy atom. The van der Waals surface area contributed by atoms with E-state index in [2.05, 4.69) is 5.32 Å². The second kappa shape index (κ2) is 4.30. The molecule has 0 radical (unpaired) electrons. The number of amides is 1. The van der Waals surface area contributed by atoms with E-state index in [0.717, 1.165) is 0 Å². The maximum absolute atomic E-state index is 14.4. The van der Waals surface area contributed by atoms with E-state index in [9.17, 15) is 14.0 Å². The van der Waals surface area contributed by atoms with Crippen LogP contribution in [0.5, 0.6) is 0 Å². The second-order valence-electron chi connectivity index (χ2n) is 5.44. The average molecular weight is 268 g/mol. The average Bonchev–Trinajstić information content (AvgIpc) is 2.86. The lowest BCUT2D eigenvalue weighted by atomic mass is 9.76. The molecule has 3 aliphatic rings. The topological polar surface area (TPSA) is 58.6 Å². The zero-order valence-electron chi connectivity index (χ0n) is 10.9. The van der Waals surface area contributed by atoms with Gasteiger partial charge in [0.1, 0.15) is 12.8 Å². The van der Waals surface area contributed by atoms with E-state index >= 15 is 0 Å². The normalized spacial score (nSPS) is 30.4. The van der Waals surface area contributed by atoms with Gasteiger partial charge in [-0.2, -0.15) is 0 Å². The predicted octanol–water partition coefficient (Wildman–Crippen LogP) is 0.367. The van der Waals surface area contributed by atoms with Gasteiger partial charge in [-0.1, -0.05) is 0 Å². The molecule has 0 aromatic rings. The number of hydrogen-bond acceptors (Lipinski definition) is 4. The summed E-state index contributed by atoms with van der Waals surface area (Å²) in [5.41, 5.74) is 0.0593. The lowest BCUT2D eigenvalue weighted by molar-refractivity contribution is -0.138. The number of piperidine rings is 1. The molecule has 5 nitrogen and oxygen atoms in total. The fourth-order valence-electron chi connectivity index (χ4n) is 3.20. The molecule has 0 bridgehead atoms. The number of rotatable bonds is 1. The highest BCUT2D eigenvalue weighted by atomic mass is 19.1. The third kappa shape index (κ3) is 1.69. The summed E-state index contributed by atoms with van der Waals surface area (Å²) >= 11 is 0. The molecule has 2 fully saturated rings. The van der Waals surface area contributed by atoms with E-state index in [1.165, 1.54) is 4.90 Å². The minimum absolute atomic E-state index is 0.0438. The van der Waals surface area contributed by atoms with E-state index in [1.54, 1.807) is 6.92 Å². The van der Waals surface area contributed by atoms with E-state index < -0.39 is 17.6 Å². The molecular formula is C13H17FN2O3. The molecule has 1 N–H and O–H groups in total. The number of carbonyl (C=O) groups excluding carboxylic acids is 2. The first kappa shape index (κ1) is 12.6. The van der Waals surface area contributed by atoms with E-state index in [1.807, 2.05) is 0 Å². The van der Waals surface area contributed by atoms with Crippen LogP contribution >= 0.6 is 0 Å². The van der Waals surface area contributed by atoms with Gasteiger partial charge in [0, 0.05) is 0 Å². The lowest BCUT2D eigenvalue weighted by Crippen LogP contribution is -2.46. The van der Waals surface area contributed by atoms with Crippen LogP contribution in [-0.4, -0.2) is 49.2 Å². The number of halogens is 1. The largest absolute Gasteiger partial charge is 0.456 e. The fourth-order valence-corrected chi connectivity index (χ4v) is 3.20. The molecule has 6 heteroatoms. The van der Waals surface area contributed by atoms with Crippen LogP contribution in [0, 0.1) is 5.41 Å². The van der Waals surface area contributed by atoms with E-state index in [4.69, 9.17) is 4.74 Å².